The number of para-hydroxylation sites is 1. The summed E-state index contributed by atoms with van der Waals surface area (Å²) in [6.07, 6.45) is 0. The third kappa shape index (κ3) is 2.10. The van der Waals surface area contributed by atoms with E-state index in [1.54, 1.807) is 11.9 Å². The first kappa shape index (κ1) is 12.5. The van der Waals surface area contributed by atoms with Gasteiger partial charge in [0.2, 0.25) is 5.91 Å². The molecule has 1 fully saturated rings. The minimum atomic E-state index is -0.760. The molecule has 0 aromatic heterocycles. The second-order valence-electron chi connectivity index (χ2n) is 4.25. The average molecular weight is 300 g/mol. The van der Waals surface area contributed by atoms with Gasteiger partial charge >= 0.3 is 0 Å². The minimum Gasteiger partial charge on any atom is -0.395 e. The van der Waals surface area contributed by atoms with Crippen molar-refractivity contribution in [3.63, 3.8) is 0 Å². The molecule has 1 N–H and O–H groups in total. The van der Waals surface area contributed by atoms with Crippen LogP contribution in [0.5, 0.6) is 0 Å². The highest BCUT2D eigenvalue weighted by molar-refractivity contribution is 9.10. The van der Waals surface area contributed by atoms with E-state index in [2.05, 4.69) is 15.9 Å². The molecule has 0 unspecified atom stereocenters. The Labute approximate surface area is 108 Å². The van der Waals surface area contributed by atoms with Crippen LogP contribution in [0.2, 0.25) is 0 Å². The zero-order valence-electron chi connectivity index (χ0n) is 9.52. The molecule has 0 aliphatic carbocycles. The van der Waals surface area contributed by atoms with Crippen LogP contribution in [-0.2, 0) is 9.53 Å². The molecule has 92 valence electrons. The van der Waals surface area contributed by atoms with Crippen LogP contribution in [-0.4, -0.2) is 37.9 Å². The maximum absolute atomic E-state index is 12.3. The van der Waals surface area contributed by atoms with Crippen LogP contribution in [0.4, 0.5) is 5.69 Å². The van der Waals surface area contributed by atoms with Crippen LogP contribution in [0.15, 0.2) is 28.7 Å². The van der Waals surface area contributed by atoms with Gasteiger partial charge in [0.1, 0.15) is 5.41 Å². The molecule has 0 saturated carbocycles. The van der Waals surface area contributed by atoms with Crippen molar-refractivity contribution in [3.8, 4) is 0 Å². The predicted molar refractivity (Wildman–Crippen MR) is 67.9 cm³/mol. The highest BCUT2D eigenvalue weighted by Gasteiger charge is 2.47. The lowest BCUT2D eigenvalue weighted by Gasteiger charge is -2.40. The number of hydrogen-bond donors (Lipinski definition) is 1. The van der Waals surface area contributed by atoms with Gasteiger partial charge in [-0.2, -0.15) is 0 Å². The van der Waals surface area contributed by atoms with Gasteiger partial charge in [0.05, 0.1) is 25.5 Å². The van der Waals surface area contributed by atoms with Crippen LogP contribution in [0.3, 0.4) is 0 Å². The van der Waals surface area contributed by atoms with Crippen molar-refractivity contribution in [1.82, 2.24) is 0 Å². The lowest BCUT2D eigenvalue weighted by Crippen LogP contribution is -2.56. The number of hydrogen-bond acceptors (Lipinski definition) is 3. The largest absolute Gasteiger partial charge is 0.395 e. The number of rotatable bonds is 3. The number of carbonyl (C=O) groups is 1. The van der Waals surface area contributed by atoms with E-state index in [0.717, 1.165) is 10.2 Å². The molecule has 0 spiro atoms. The number of anilines is 1. The number of aliphatic hydroxyl groups excluding tert-OH is 1. The fraction of sp³-hybridized carbons (Fsp3) is 0.417. The second-order valence-corrected chi connectivity index (χ2v) is 5.10. The molecule has 1 aromatic rings. The van der Waals surface area contributed by atoms with Crippen LogP contribution < -0.4 is 4.90 Å². The Balaban J connectivity index is 2.23. The molecule has 1 aliphatic heterocycles. The van der Waals surface area contributed by atoms with Crippen LogP contribution >= 0.6 is 15.9 Å². The lowest BCUT2D eigenvalue weighted by molar-refractivity contribution is -0.166. The van der Waals surface area contributed by atoms with Gasteiger partial charge in [-0.3, -0.25) is 4.79 Å². The fourth-order valence-corrected chi connectivity index (χ4v) is 2.37. The molecule has 0 bridgehead atoms. The molecule has 1 aliphatic rings. The maximum Gasteiger partial charge on any atom is 0.240 e. The molecule has 0 radical (unpaired) electrons. The molecule has 4 nitrogen and oxygen atoms in total. The number of ether oxygens (including phenoxy) is 1. The van der Waals surface area contributed by atoms with Crippen molar-refractivity contribution < 1.29 is 14.6 Å². The smallest absolute Gasteiger partial charge is 0.240 e. The van der Waals surface area contributed by atoms with E-state index in [4.69, 9.17) is 4.74 Å². The fourth-order valence-electron chi connectivity index (χ4n) is 1.82. The molecule has 1 amide bonds. The lowest BCUT2D eigenvalue weighted by atomic mass is 9.85. The first-order chi connectivity index (χ1) is 8.10. The summed E-state index contributed by atoms with van der Waals surface area (Å²) in [5, 5.41) is 9.33. The first-order valence-corrected chi connectivity index (χ1v) is 6.11. The molecule has 1 saturated heterocycles. The molecular weight excluding hydrogens is 286 g/mol. The third-order valence-electron chi connectivity index (χ3n) is 3.03. The normalized spacial score (nSPS) is 17.4. The Morgan fingerprint density at radius 3 is 2.65 bits per heavy atom. The number of amides is 1. The predicted octanol–water partition coefficient (Wildman–Crippen LogP) is 1.42. The van der Waals surface area contributed by atoms with Gasteiger partial charge in [-0.15, -0.1) is 0 Å². The van der Waals surface area contributed by atoms with Crippen molar-refractivity contribution in [1.29, 1.82) is 0 Å². The first-order valence-electron chi connectivity index (χ1n) is 5.32. The van der Waals surface area contributed by atoms with Gasteiger partial charge < -0.3 is 14.7 Å². The summed E-state index contributed by atoms with van der Waals surface area (Å²) in [4.78, 5) is 13.9. The van der Waals surface area contributed by atoms with Crippen molar-refractivity contribution in [2.24, 2.45) is 5.41 Å². The summed E-state index contributed by atoms with van der Waals surface area (Å²) in [6.45, 7) is 0.398. The summed E-state index contributed by atoms with van der Waals surface area (Å²) in [5.74, 6) is -0.113. The van der Waals surface area contributed by atoms with Gasteiger partial charge in [0.25, 0.3) is 0 Å². The van der Waals surface area contributed by atoms with Crippen molar-refractivity contribution in [2.75, 3.05) is 31.8 Å². The summed E-state index contributed by atoms with van der Waals surface area (Å²) in [7, 11) is 1.71. The van der Waals surface area contributed by atoms with Crippen LogP contribution in [0.1, 0.15) is 0 Å². The monoisotopic (exact) mass is 299 g/mol. The Morgan fingerprint density at radius 2 is 2.18 bits per heavy atom. The Hall–Kier alpha value is -0.910. The van der Waals surface area contributed by atoms with E-state index in [0.29, 0.717) is 0 Å². The van der Waals surface area contributed by atoms with Gasteiger partial charge in [-0.25, -0.2) is 0 Å². The third-order valence-corrected chi connectivity index (χ3v) is 3.70. The number of benzene rings is 1. The summed E-state index contributed by atoms with van der Waals surface area (Å²) in [6, 6.07) is 7.49. The zero-order chi connectivity index (χ0) is 12.5. The van der Waals surface area contributed by atoms with Gasteiger partial charge in [-0.05, 0) is 28.1 Å². The number of nitrogens with zero attached hydrogens (tertiary/aromatic N) is 1. The molecule has 1 aromatic carbocycles. The average Bonchev–Trinajstić information content (AvgIpc) is 2.28. The topological polar surface area (TPSA) is 49.8 Å². The van der Waals surface area contributed by atoms with E-state index in [1.807, 2.05) is 24.3 Å². The van der Waals surface area contributed by atoms with Gasteiger partial charge in [0.15, 0.2) is 0 Å². The highest BCUT2D eigenvalue weighted by atomic mass is 79.9. The van der Waals surface area contributed by atoms with Gasteiger partial charge in [0, 0.05) is 11.5 Å². The maximum atomic E-state index is 12.3. The van der Waals surface area contributed by atoms with E-state index in [9.17, 15) is 9.90 Å². The quantitative estimate of drug-likeness (QED) is 0.918. The van der Waals surface area contributed by atoms with Crippen LogP contribution in [0, 0.1) is 5.41 Å². The SMILES string of the molecule is CN(C(=O)C1(CO)COC1)c1ccccc1Br. The Bertz CT molecular complexity index is 426. The molecular formula is C12H14BrNO3. The van der Waals surface area contributed by atoms with Crippen LogP contribution in [0.25, 0.3) is 0 Å². The second kappa shape index (κ2) is 4.76. The molecule has 2 rings (SSSR count). The summed E-state index contributed by atoms with van der Waals surface area (Å²) >= 11 is 3.41. The van der Waals surface area contributed by atoms with Crippen molar-refractivity contribution in [3.05, 3.63) is 28.7 Å². The van der Waals surface area contributed by atoms with E-state index in [1.165, 1.54) is 0 Å². The molecule has 17 heavy (non-hydrogen) atoms. The van der Waals surface area contributed by atoms with E-state index >= 15 is 0 Å². The zero-order valence-corrected chi connectivity index (χ0v) is 11.1. The standard InChI is InChI=1S/C12H14BrNO3/c1-14(10-5-3-2-4-9(10)13)11(16)12(6-15)7-17-8-12/h2-5,15H,6-8H2,1H3. The van der Waals surface area contributed by atoms with Crippen molar-refractivity contribution in [2.45, 2.75) is 0 Å². The highest BCUT2D eigenvalue weighted by Crippen LogP contribution is 2.33. The van der Waals surface area contributed by atoms with E-state index < -0.39 is 5.41 Å². The molecule has 1 heterocycles. The van der Waals surface area contributed by atoms with Gasteiger partial charge in [-0.1, -0.05) is 12.1 Å². The summed E-state index contributed by atoms with van der Waals surface area (Å²) < 4.78 is 5.90. The summed E-state index contributed by atoms with van der Waals surface area (Å²) in [5.41, 5.74) is 0.0292. The van der Waals surface area contributed by atoms with E-state index in [-0.39, 0.29) is 25.7 Å². The molecule has 0 atom stereocenters. The Morgan fingerprint density at radius 1 is 1.53 bits per heavy atom. The molecule has 5 heteroatoms. The number of halogens is 1. The Kier molecular flexibility index (Phi) is 3.51. The van der Waals surface area contributed by atoms with Crippen molar-refractivity contribution >= 4 is 27.5 Å². The minimum absolute atomic E-state index is 0.113. The number of aliphatic hydroxyl groups is 1. The number of carbonyl (C=O) groups excluding carboxylic acids is 1.